The fourth-order valence-electron chi connectivity index (χ4n) is 2.71. The summed E-state index contributed by atoms with van der Waals surface area (Å²) in [6.45, 7) is 3.88. The molecule has 9 heteroatoms. The molecular formula is C17H17F3N4O2. The molecule has 2 heterocycles. The van der Waals surface area contributed by atoms with Crippen LogP contribution in [0.1, 0.15) is 16.1 Å². The van der Waals surface area contributed by atoms with E-state index in [2.05, 4.69) is 14.9 Å². The fourth-order valence-corrected chi connectivity index (χ4v) is 2.71. The third-order valence-corrected chi connectivity index (χ3v) is 3.99. The van der Waals surface area contributed by atoms with Crippen LogP contribution >= 0.6 is 0 Å². The van der Waals surface area contributed by atoms with Crippen LogP contribution in [0.2, 0.25) is 0 Å². The molecule has 6 nitrogen and oxygen atoms in total. The van der Waals surface area contributed by atoms with Crippen molar-refractivity contribution < 1.29 is 22.7 Å². The van der Waals surface area contributed by atoms with Gasteiger partial charge >= 0.3 is 6.36 Å². The van der Waals surface area contributed by atoms with Gasteiger partial charge in [-0.2, -0.15) is 5.10 Å². The predicted octanol–water partition coefficient (Wildman–Crippen LogP) is 2.65. The number of aromatic nitrogens is 2. The third-order valence-electron chi connectivity index (χ3n) is 3.99. The largest absolute Gasteiger partial charge is 0.573 e. The van der Waals surface area contributed by atoms with Crippen molar-refractivity contribution in [2.45, 2.75) is 13.3 Å². The van der Waals surface area contributed by atoms with Crippen LogP contribution in [0.4, 0.5) is 19.0 Å². The molecule has 3 rings (SSSR count). The Hall–Kier alpha value is -2.84. The lowest BCUT2D eigenvalue weighted by molar-refractivity contribution is -0.274. The Labute approximate surface area is 148 Å². The fraction of sp³-hybridized carbons (Fsp3) is 0.353. The van der Waals surface area contributed by atoms with Gasteiger partial charge in [-0.3, -0.25) is 4.79 Å². The van der Waals surface area contributed by atoms with Crippen molar-refractivity contribution in [3.63, 3.8) is 0 Å². The van der Waals surface area contributed by atoms with E-state index in [4.69, 9.17) is 0 Å². The number of hydrogen-bond acceptors (Lipinski definition) is 5. The molecule has 1 amide bonds. The maximum absolute atomic E-state index is 12.5. The van der Waals surface area contributed by atoms with Crippen LogP contribution in [-0.2, 0) is 0 Å². The van der Waals surface area contributed by atoms with Crippen LogP contribution in [-0.4, -0.2) is 53.5 Å². The van der Waals surface area contributed by atoms with Crippen molar-refractivity contribution in [1.29, 1.82) is 0 Å². The van der Waals surface area contributed by atoms with Gasteiger partial charge in [0, 0.05) is 31.7 Å². The molecule has 1 aromatic carbocycles. The van der Waals surface area contributed by atoms with E-state index >= 15 is 0 Å². The Bertz CT molecular complexity index is 772. The Kier molecular flexibility index (Phi) is 4.97. The number of hydrogen-bond donors (Lipinski definition) is 0. The second-order valence-corrected chi connectivity index (χ2v) is 5.89. The first-order valence-corrected chi connectivity index (χ1v) is 8.02. The number of nitrogens with zero attached hydrogens (tertiary/aromatic N) is 4. The van der Waals surface area contributed by atoms with E-state index in [1.807, 2.05) is 24.0 Å². The SMILES string of the molecule is Cc1ccc(N2CCN(C(=O)c3cccc(OC(F)(F)F)c3)CC2)nn1. The number of rotatable bonds is 3. The lowest BCUT2D eigenvalue weighted by Gasteiger charge is -2.35. The van der Waals surface area contributed by atoms with E-state index in [1.165, 1.54) is 12.1 Å². The lowest BCUT2D eigenvalue weighted by atomic mass is 10.1. The summed E-state index contributed by atoms with van der Waals surface area (Å²) in [6, 6.07) is 8.85. The van der Waals surface area contributed by atoms with Gasteiger partial charge in [-0.1, -0.05) is 6.07 Å². The van der Waals surface area contributed by atoms with Crippen molar-refractivity contribution in [2.75, 3.05) is 31.1 Å². The number of carbonyl (C=O) groups is 1. The van der Waals surface area contributed by atoms with Crippen LogP contribution in [0, 0.1) is 6.92 Å². The molecule has 0 saturated carbocycles. The Morgan fingerprint density at radius 3 is 2.42 bits per heavy atom. The number of anilines is 1. The van der Waals surface area contributed by atoms with Crippen molar-refractivity contribution in [1.82, 2.24) is 15.1 Å². The summed E-state index contributed by atoms with van der Waals surface area (Å²) in [5.41, 5.74) is 0.985. The molecule has 1 aliphatic rings. The highest BCUT2D eigenvalue weighted by molar-refractivity contribution is 5.94. The molecule has 1 saturated heterocycles. The van der Waals surface area contributed by atoms with Gasteiger partial charge in [0.15, 0.2) is 5.82 Å². The second kappa shape index (κ2) is 7.19. The number of piperazine rings is 1. The van der Waals surface area contributed by atoms with E-state index in [0.717, 1.165) is 23.6 Å². The second-order valence-electron chi connectivity index (χ2n) is 5.89. The zero-order valence-corrected chi connectivity index (χ0v) is 14.0. The minimum absolute atomic E-state index is 0.162. The van der Waals surface area contributed by atoms with E-state index in [9.17, 15) is 18.0 Å². The molecular weight excluding hydrogens is 349 g/mol. The minimum atomic E-state index is -4.79. The van der Waals surface area contributed by atoms with E-state index < -0.39 is 12.1 Å². The zero-order chi connectivity index (χ0) is 18.7. The number of aryl methyl sites for hydroxylation is 1. The molecule has 1 aromatic heterocycles. The first kappa shape index (κ1) is 18.0. The van der Waals surface area contributed by atoms with Crippen LogP contribution in [0.15, 0.2) is 36.4 Å². The van der Waals surface area contributed by atoms with Crippen LogP contribution in [0.25, 0.3) is 0 Å². The first-order chi connectivity index (χ1) is 12.3. The Morgan fingerprint density at radius 1 is 1.08 bits per heavy atom. The van der Waals surface area contributed by atoms with Crippen LogP contribution < -0.4 is 9.64 Å². The molecule has 1 aliphatic heterocycles. The van der Waals surface area contributed by atoms with E-state index in [0.29, 0.717) is 26.2 Å². The number of carbonyl (C=O) groups excluding carboxylic acids is 1. The average Bonchev–Trinajstić information content (AvgIpc) is 2.61. The van der Waals surface area contributed by atoms with Gasteiger partial charge in [-0.25, -0.2) is 0 Å². The van der Waals surface area contributed by atoms with Crippen molar-refractivity contribution in [2.24, 2.45) is 0 Å². The first-order valence-electron chi connectivity index (χ1n) is 8.02. The number of alkyl halides is 3. The molecule has 0 radical (unpaired) electrons. The topological polar surface area (TPSA) is 58.6 Å². The molecule has 1 fully saturated rings. The summed E-state index contributed by atoms with van der Waals surface area (Å²) in [5.74, 6) is 0.00690. The number of halogens is 3. The third kappa shape index (κ3) is 4.41. The Balaban J connectivity index is 1.63. The van der Waals surface area contributed by atoms with Gasteiger partial charge < -0.3 is 14.5 Å². The zero-order valence-electron chi connectivity index (χ0n) is 14.0. The Morgan fingerprint density at radius 2 is 1.81 bits per heavy atom. The molecule has 0 bridgehead atoms. The highest BCUT2D eigenvalue weighted by Crippen LogP contribution is 2.24. The number of benzene rings is 1. The van der Waals surface area contributed by atoms with Crippen LogP contribution in [0.5, 0.6) is 5.75 Å². The van der Waals surface area contributed by atoms with Gasteiger partial charge in [-0.15, -0.1) is 18.3 Å². The highest BCUT2D eigenvalue weighted by atomic mass is 19.4. The summed E-state index contributed by atoms with van der Waals surface area (Å²) in [4.78, 5) is 16.2. The monoisotopic (exact) mass is 366 g/mol. The molecule has 26 heavy (non-hydrogen) atoms. The average molecular weight is 366 g/mol. The normalized spacial score (nSPS) is 15.1. The molecule has 0 atom stereocenters. The van der Waals surface area contributed by atoms with Crippen molar-refractivity contribution in [3.05, 3.63) is 47.7 Å². The molecule has 138 valence electrons. The maximum Gasteiger partial charge on any atom is 0.573 e. The van der Waals surface area contributed by atoms with Gasteiger partial charge in [0.05, 0.1) is 5.69 Å². The summed E-state index contributed by atoms with van der Waals surface area (Å²) >= 11 is 0. The molecule has 0 aliphatic carbocycles. The maximum atomic E-state index is 12.5. The minimum Gasteiger partial charge on any atom is -0.406 e. The molecule has 0 N–H and O–H groups in total. The standard InChI is InChI=1S/C17H17F3N4O2/c1-12-5-6-15(22-21-12)23-7-9-24(10-8-23)16(25)13-3-2-4-14(11-13)26-17(18,19)20/h2-6,11H,7-10H2,1H3. The molecule has 0 spiro atoms. The summed E-state index contributed by atoms with van der Waals surface area (Å²) in [5, 5.41) is 8.14. The van der Waals surface area contributed by atoms with Gasteiger partial charge in [0.25, 0.3) is 5.91 Å². The quantitative estimate of drug-likeness (QED) is 0.836. The number of ether oxygens (including phenoxy) is 1. The van der Waals surface area contributed by atoms with Crippen LogP contribution in [0.3, 0.4) is 0 Å². The smallest absolute Gasteiger partial charge is 0.406 e. The van der Waals surface area contributed by atoms with Crippen molar-refractivity contribution >= 4 is 11.7 Å². The number of amides is 1. The van der Waals surface area contributed by atoms with Gasteiger partial charge in [0.1, 0.15) is 5.75 Å². The predicted molar refractivity (Wildman–Crippen MR) is 88.0 cm³/mol. The van der Waals surface area contributed by atoms with E-state index in [-0.39, 0.29) is 11.5 Å². The highest BCUT2D eigenvalue weighted by Gasteiger charge is 2.31. The van der Waals surface area contributed by atoms with Crippen molar-refractivity contribution in [3.8, 4) is 5.75 Å². The summed E-state index contributed by atoms with van der Waals surface area (Å²) < 4.78 is 40.8. The van der Waals surface area contributed by atoms with E-state index in [1.54, 1.807) is 4.90 Å². The van der Waals surface area contributed by atoms with Gasteiger partial charge in [-0.05, 0) is 37.3 Å². The summed E-state index contributed by atoms with van der Waals surface area (Å²) in [7, 11) is 0. The molecule has 0 unspecified atom stereocenters. The molecule has 2 aromatic rings. The van der Waals surface area contributed by atoms with Gasteiger partial charge in [0.2, 0.25) is 0 Å². The summed E-state index contributed by atoms with van der Waals surface area (Å²) in [6.07, 6.45) is -4.79. The lowest BCUT2D eigenvalue weighted by Crippen LogP contribution is -2.49.